The molecular weight excluding hydrogens is 320 g/mol. The van der Waals surface area contributed by atoms with E-state index in [1.54, 1.807) is 6.07 Å². The summed E-state index contributed by atoms with van der Waals surface area (Å²) in [6.07, 6.45) is 2.21. The molecule has 1 aliphatic rings. The maximum atomic E-state index is 11.3. The molecule has 0 saturated heterocycles. The second-order valence-electron chi connectivity index (χ2n) is 6.90. The van der Waals surface area contributed by atoms with Crippen molar-refractivity contribution in [3.8, 4) is 11.1 Å². The summed E-state index contributed by atoms with van der Waals surface area (Å²) >= 11 is 0. The summed E-state index contributed by atoms with van der Waals surface area (Å²) in [5, 5.41) is 3.67. The van der Waals surface area contributed by atoms with Crippen molar-refractivity contribution < 1.29 is 4.79 Å². The van der Waals surface area contributed by atoms with E-state index >= 15 is 0 Å². The number of amides is 1. The molecule has 0 unspecified atom stereocenters. The van der Waals surface area contributed by atoms with Crippen LogP contribution in [-0.4, -0.2) is 11.9 Å². The minimum atomic E-state index is -0.398. The Hall–Kier alpha value is -2.91. The zero-order valence-corrected chi connectivity index (χ0v) is 14.6. The van der Waals surface area contributed by atoms with Crippen LogP contribution < -0.4 is 11.1 Å². The molecule has 130 valence electrons. The standard InChI is InChI=1S/C23H22N2O/c24-23(26)21-7-3-6-18(12-21)17-10-8-16(9-11-17)15-25-22-13-19-4-1-2-5-20(19)14-22/h1-12,22,25H,13-15H2,(H2,24,26). The number of carbonyl (C=O) groups excluding carboxylic acids is 1. The second kappa shape index (κ2) is 7.14. The first-order chi connectivity index (χ1) is 12.7. The largest absolute Gasteiger partial charge is 0.366 e. The van der Waals surface area contributed by atoms with Gasteiger partial charge in [0.15, 0.2) is 0 Å². The van der Waals surface area contributed by atoms with Gasteiger partial charge in [-0.2, -0.15) is 0 Å². The zero-order valence-electron chi connectivity index (χ0n) is 14.6. The van der Waals surface area contributed by atoms with E-state index in [0.29, 0.717) is 11.6 Å². The smallest absolute Gasteiger partial charge is 0.248 e. The van der Waals surface area contributed by atoms with Crippen LogP contribution in [0.3, 0.4) is 0 Å². The predicted molar refractivity (Wildman–Crippen MR) is 105 cm³/mol. The summed E-state index contributed by atoms with van der Waals surface area (Å²) in [5.74, 6) is -0.398. The van der Waals surface area contributed by atoms with Crippen LogP contribution in [0, 0.1) is 0 Å². The fourth-order valence-electron chi connectivity index (χ4n) is 3.63. The molecule has 1 amide bonds. The number of primary amides is 1. The topological polar surface area (TPSA) is 55.1 Å². The number of fused-ring (bicyclic) bond motifs is 1. The number of carbonyl (C=O) groups is 1. The molecule has 4 rings (SSSR count). The van der Waals surface area contributed by atoms with Crippen LogP contribution >= 0.6 is 0 Å². The Labute approximate surface area is 153 Å². The molecule has 0 aromatic heterocycles. The molecule has 0 saturated carbocycles. The van der Waals surface area contributed by atoms with Crippen LogP contribution in [0.1, 0.15) is 27.0 Å². The normalized spacial score (nSPS) is 13.5. The van der Waals surface area contributed by atoms with Gasteiger partial charge in [0.25, 0.3) is 0 Å². The summed E-state index contributed by atoms with van der Waals surface area (Å²) < 4.78 is 0. The van der Waals surface area contributed by atoms with Gasteiger partial charge < -0.3 is 11.1 Å². The molecule has 3 heteroatoms. The van der Waals surface area contributed by atoms with Crippen LogP contribution in [0.25, 0.3) is 11.1 Å². The molecule has 0 radical (unpaired) electrons. The Kier molecular flexibility index (Phi) is 4.55. The summed E-state index contributed by atoms with van der Waals surface area (Å²) in [5.41, 5.74) is 12.2. The molecule has 0 fully saturated rings. The second-order valence-corrected chi connectivity index (χ2v) is 6.90. The van der Waals surface area contributed by atoms with E-state index in [9.17, 15) is 4.79 Å². The van der Waals surface area contributed by atoms with Crippen LogP contribution in [0.4, 0.5) is 0 Å². The van der Waals surface area contributed by atoms with E-state index < -0.39 is 5.91 Å². The molecule has 0 atom stereocenters. The lowest BCUT2D eigenvalue weighted by Gasteiger charge is -2.12. The molecule has 0 aliphatic heterocycles. The Morgan fingerprint density at radius 1 is 0.885 bits per heavy atom. The molecule has 0 bridgehead atoms. The van der Waals surface area contributed by atoms with Gasteiger partial charge in [-0.05, 0) is 52.8 Å². The van der Waals surface area contributed by atoms with Crippen molar-refractivity contribution in [3.63, 3.8) is 0 Å². The first-order valence-electron chi connectivity index (χ1n) is 8.98. The van der Waals surface area contributed by atoms with E-state index in [0.717, 1.165) is 30.5 Å². The van der Waals surface area contributed by atoms with Gasteiger partial charge in [-0.3, -0.25) is 4.79 Å². The monoisotopic (exact) mass is 342 g/mol. The van der Waals surface area contributed by atoms with Crippen molar-refractivity contribution in [2.24, 2.45) is 5.73 Å². The number of nitrogens with two attached hydrogens (primary N) is 1. The van der Waals surface area contributed by atoms with Gasteiger partial charge in [0.2, 0.25) is 5.91 Å². The molecule has 1 aliphatic carbocycles. The molecule has 26 heavy (non-hydrogen) atoms. The average Bonchev–Trinajstić information content (AvgIpc) is 3.10. The van der Waals surface area contributed by atoms with E-state index in [1.807, 2.05) is 18.2 Å². The van der Waals surface area contributed by atoms with Crippen molar-refractivity contribution in [3.05, 3.63) is 95.1 Å². The van der Waals surface area contributed by atoms with Gasteiger partial charge >= 0.3 is 0 Å². The molecule has 3 nitrogen and oxygen atoms in total. The molecule has 0 heterocycles. The summed E-state index contributed by atoms with van der Waals surface area (Å²) in [6, 6.07) is 25.1. The minimum absolute atomic E-state index is 0.398. The first kappa shape index (κ1) is 16.6. The lowest BCUT2D eigenvalue weighted by atomic mass is 10.0. The summed E-state index contributed by atoms with van der Waals surface area (Å²) in [6.45, 7) is 0.861. The van der Waals surface area contributed by atoms with Gasteiger partial charge in [-0.25, -0.2) is 0 Å². The van der Waals surface area contributed by atoms with Crippen LogP contribution in [0.5, 0.6) is 0 Å². The maximum Gasteiger partial charge on any atom is 0.248 e. The first-order valence-corrected chi connectivity index (χ1v) is 8.98. The van der Waals surface area contributed by atoms with Gasteiger partial charge in [-0.15, -0.1) is 0 Å². The van der Waals surface area contributed by atoms with Crippen LogP contribution in [0.2, 0.25) is 0 Å². The van der Waals surface area contributed by atoms with Gasteiger partial charge in [0.05, 0.1) is 0 Å². The average molecular weight is 342 g/mol. The van der Waals surface area contributed by atoms with Crippen LogP contribution in [0.15, 0.2) is 72.8 Å². The van der Waals surface area contributed by atoms with Crippen molar-refractivity contribution >= 4 is 5.91 Å². The number of nitrogens with one attached hydrogen (secondary N) is 1. The highest BCUT2D eigenvalue weighted by molar-refractivity contribution is 5.94. The molecule has 3 N–H and O–H groups in total. The highest BCUT2D eigenvalue weighted by Gasteiger charge is 2.19. The maximum absolute atomic E-state index is 11.3. The zero-order chi connectivity index (χ0) is 17.9. The van der Waals surface area contributed by atoms with Crippen molar-refractivity contribution in [1.29, 1.82) is 0 Å². The van der Waals surface area contributed by atoms with Gasteiger partial charge in [-0.1, -0.05) is 60.7 Å². The molecule has 3 aromatic carbocycles. The minimum Gasteiger partial charge on any atom is -0.366 e. The number of rotatable bonds is 5. The van der Waals surface area contributed by atoms with Gasteiger partial charge in [0, 0.05) is 18.2 Å². The lowest BCUT2D eigenvalue weighted by Crippen LogP contribution is -2.28. The highest BCUT2D eigenvalue weighted by Crippen LogP contribution is 2.23. The third kappa shape index (κ3) is 3.53. The molecular formula is C23H22N2O. The van der Waals surface area contributed by atoms with E-state index in [2.05, 4.69) is 53.8 Å². The number of hydrogen-bond donors (Lipinski definition) is 2. The highest BCUT2D eigenvalue weighted by atomic mass is 16.1. The number of benzene rings is 3. The van der Waals surface area contributed by atoms with Crippen molar-refractivity contribution in [2.75, 3.05) is 0 Å². The molecule has 3 aromatic rings. The third-order valence-electron chi connectivity index (χ3n) is 5.08. The van der Waals surface area contributed by atoms with Crippen LogP contribution in [-0.2, 0) is 19.4 Å². The Morgan fingerprint density at radius 2 is 1.58 bits per heavy atom. The van der Waals surface area contributed by atoms with Gasteiger partial charge in [0.1, 0.15) is 0 Å². The quantitative estimate of drug-likeness (QED) is 0.743. The summed E-state index contributed by atoms with van der Waals surface area (Å²) in [7, 11) is 0. The van der Waals surface area contributed by atoms with Crippen molar-refractivity contribution in [2.45, 2.75) is 25.4 Å². The Morgan fingerprint density at radius 3 is 2.23 bits per heavy atom. The van der Waals surface area contributed by atoms with Crippen molar-refractivity contribution in [1.82, 2.24) is 5.32 Å². The lowest BCUT2D eigenvalue weighted by molar-refractivity contribution is 0.100. The fourth-order valence-corrected chi connectivity index (χ4v) is 3.63. The van der Waals surface area contributed by atoms with E-state index in [4.69, 9.17) is 5.73 Å². The Balaban J connectivity index is 1.39. The van der Waals surface area contributed by atoms with E-state index in [-0.39, 0.29) is 0 Å². The third-order valence-corrected chi connectivity index (χ3v) is 5.08. The van der Waals surface area contributed by atoms with E-state index in [1.165, 1.54) is 16.7 Å². The summed E-state index contributed by atoms with van der Waals surface area (Å²) in [4.78, 5) is 11.3. The Bertz CT molecular complexity index is 906. The molecule has 0 spiro atoms. The predicted octanol–water partition coefficient (Wildman–Crippen LogP) is 3.71. The number of hydrogen-bond acceptors (Lipinski definition) is 2. The fraction of sp³-hybridized carbons (Fsp3) is 0.174. The SMILES string of the molecule is NC(=O)c1cccc(-c2ccc(CNC3Cc4ccccc4C3)cc2)c1.